The molecule has 1 aliphatic rings. The molecule has 3 rings (SSSR count). The molecule has 0 spiro atoms. The first kappa shape index (κ1) is 18.5. The highest BCUT2D eigenvalue weighted by Crippen LogP contribution is 2.29. The number of esters is 1. The summed E-state index contributed by atoms with van der Waals surface area (Å²) in [6.07, 6.45) is 2.96. The second kappa shape index (κ2) is 8.85. The highest BCUT2D eigenvalue weighted by molar-refractivity contribution is 9.10. The number of amides is 1. The van der Waals surface area contributed by atoms with Gasteiger partial charge in [-0.1, -0.05) is 40.2 Å². The Balaban J connectivity index is 1.43. The molecule has 0 saturated carbocycles. The third-order valence-corrected chi connectivity index (χ3v) is 4.77. The van der Waals surface area contributed by atoms with Gasteiger partial charge in [-0.15, -0.1) is 0 Å². The summed E-state index contributed by atoms with van der Waals surface area (Å²) in [5, 5.41) is 2.95. The van der Waals surface area contributed by atoms with E-state index in [4.69, 9.17) is 9.47 Å². The molecule has 0 aromatic heterocycles. The molecule has 1 aliphatic carbocycles. The van der Waals surface area contributed by atoms with Crippen molar-refractivity contribution in [2.45, 2.75) is 25.3 Å². The number of nitrogens with one attached hydrogen (secondary N) is 1. The molecule has 0 saturated heterocycles. The minimum atomic E-state index is -0.577. The van der Waals surface area contributed by atoms with E-state index in [2.05, 4.69) is 27.3 Å². The first-order chi connectivity index (χ1) is 12.6. The van der Waals surface area contributed by atoms with Gasteiger partial charge in [0.05, 0.1) is 6.04 Å². The quantitative estimate of drug-likeness (QED) is 0.729. The first-order valence-corrected chi connectivity index (χ1v) is 9.32. The molecule has 0 bridgehead atoms. The van der Waals surface area contributed by atoms with Crippen LogP contribution < -0.4 is 10.1 Å². The van der Waals surface area contributed by atoms with Crippen molar-refractivity contribution in [1.29, 1.82) is 0 Å². The number of benzene rings is 2. The summed E-state index contributed by atoms with van der Waals surface area (Å²) in [5.74, 6) is -0.316. The molecule has 5 nitrogen and oxygen atoms in total. The Hall–Kier alpha value is -2.34. The summed E-state index contributed by atoms with van der Waals surface area (Å²) in [5.41, 5.74) is 2.42. The van der Waals surface area contributed by atoms with Crippen LogP contribution in [0.5, 0.6) is 5.75 Å². The van der Waals surface area contributed by atoms with Gasteiger partial charge in [-0.2, -0.15) is 0 Å². The second-order valence-electron chi connectivity index (χ2n) is 6.11. The summed E-state index contributed by atoms with van der Waals surface area (Å²) in [4.78, 5) is 23.8. The Morgan fingerprint density at radius 2 is 1.85 bits per heavy atom. The van der Waals surface area contributed by atoms with Crippen molar-refractivity contribution in [3.63, 3.8) is 0 Å². The van der Waals surface area contributed by atoms with E-state index >= 15 is 0 Å². The van der Waals surface area contributed by atoms with Crippen LogP contribution in [0.4, 0.5) is 0 Å². The number of carbonyl (C=O) groups is 2. The van der Waals surface area contributed by atoms with Gasteiger partial charge in [0.15, 0.2) is 13.2 Å². The van der Waals surface area contributed by atoms with E-state index in [-0.39, 0.29) is 25.2 Å². The lowest BCUT2D eigenvalue weighted by atomic mass is 9.88. The lowest BCUT2D eigenvalue weighted by Gasteiger charge is -2.26. The van der Waals surface area contributed by atoms with E-state index in [1.165, 1.54) is 5.56 Å². The van der Waals surface area contributed by atoms with Crippen molar-refractivity contribution in [3.8, 4) is 5.75 Å². The lowest BCUT2D eigenvalue weighted by molar-refractivity contribution is -0.150. The summed E-state index contributed by atoms with van der Waals surface area (Å²) in [6, 6.07) is 15.2. The maximum absolute atomic E-state index is 12.1. The predicted molar refractivity (Wildman–Crippen MR) is 101 cm³/mol. The Kier molecular flexibility index (Phi) is 6.28. The van der Waals surface area contributed by atoms with Crippen molar-refractivity contribution in [2.24, 2.45) is 0 Å². The number of hydrogen-bond acceptors (Lipinski definition) is 4. The number of ether oxygens (including phenoxy) is 2. The molecular weight excluding hydrogens is 398 g/mol. The lowest BCUT2D eigenvalue weighted by Crippen LogP contribution is -2.34. The van der Waals surface area contributed by atoms with E-state index in [9.17, 15) is 9.59 Å². The van der Waals surface area contributed by atoms with Crippen molar-refractivity contribution in [3.05, 3.63) is 64.1 Å². The number of carbonyl (C=O) groups excluding carboxylic acids is 2. The van der Waals surface area contributed by atoms with Gasteiger partial charge in [-0.05, 0) is 54.7 Å². The van der Waals surface area contributed by atoms with Crippen LogP contribution in [0.2, 0.25) is 0 Å². The minimum absolute atomic E-state index is 0.0230. The van der Waals surface area contributed by atoms with E-state index in [1.54, 1.807) is 12.1 Å². The van der Waals surface area contributed by atoms with Crippen LogP contribution in [0.25, 0.3) is 0 Å². The van der Waals surface area contributed by atoms with E-state index < -0.39 is 5.97 Å². The monoisotopic (exact) mass is 417 g/mol. The van der Waals surface area contributed by atoms with Crippen LogP contribution in [-0.2, 0) is 20.7 Å². The Morgan fingerprint density at radius 1 is 1.08 bits per heavy atom. The first-order valence-electron chi connectivity index (χ1n) is 8.53. The van der Waals surface area contributed by atoms with Gasteiger partial charge in [-0.25, -0.2) is 4.79 Å². The number of halogens is 1. The molecule has 0 fully saturated rings. The molecule has 0 radical (unpaired) electrons. The topological polar surface area (TPSA) is 64.6 Å². The Bertz CT molecular complexity index is 776. The molecule has 0 unspecified atom stereocenters. The third-order valence-electron chi connectivity index (χ3n) is 4.24. The van der Waals surface area contributed by atoms with Gasteiger partial charge in [0.2, 0.25) is 0 Å². The van der Waals surface area contributed by atoms with Crippen molar-refractivity contribution < 1.29 is 19.1 Å². The molecule has 2 aromatic carbocycles. The molecule has 1 amide bonds. The average Bonchev–Trinajstić information content (AvgIpc) is 2.66. The highest BCUT2D eigenvalue weighted by atomic mass is 79.9. The number of fused-ring (bicyclic) bond motifs is 1. The zero-order chi connectivity index (χ0) is 18.4. The standard InChI is InChI=1S/C20H20BrNO4/c21-15-8-10-16(11-9-15)25-13-20(24)26-12-19(23)22-18-7-3-5-14-4-1-2-6-17(14)18/h1-2,4,6,8-11,18H,3,5,7,12-13H2,(H,22,23)/t18-/m0/s1. The molecular formula is C20H20BrNO4. The van der Waals surface area contributed by atoms with Gasteiger partial charge in [0.1, 0.15) is 5.75 Å². The Morgan fingerprint density at radius 3 is 2.65 bits per heavy atom. The summed E-state index contributed by atoms with van der Waals surface area (Å²) in [7, 11) is 0. The summed E-state index contributed by atoms with van der Waals surface area (Å²) in [6.45, 7) is -0.539. The largest absolute Gasteiger partial charge is 0.482 e. The average molecular weight is 418 g/mol. The van der Waals surface area contributed by atoms with Crippen molar-refractivity contribution >= 4 is 27.8 Å². The molecule has 26 heavy (non-hydrogen) atoms. The van der Waals surface area contributed by atoms with E-state index in [1.807, 2.05) is 30.3 Å². The third kappa shape index (κ3) is 5.08. The van der Waals surface area contributed by atoms with Gasteiger partial charge < -0.3 is 14.8 Å². The van der Waals surface area contributed by atoms with Crippen LogP contribution >= 0.6 is 15.9 Å². The molecule has 0 aliphatic heterocycles. The smallest absolute Gasteiger partial charge is 0.344 e. The molecule has 1 N–H and O–H groups in total. The highest BCUT2D eigenvalue weighted by Gasteiger charge is 2.21. The van der Waals surface area contributed by atoms with Crippen LogP contribution in [0, 0.1) is 0 Å². The molecule has 0 heterocycles. The Labute approximate surface area is 160 Å². The molecule has 2 aromatic rings. The maximum Gasteiger partial charge on any atom is 0.344 e. The van der Waals surface area contributed by atoms with Crippen LogP contribution in [0.1, 0.15) is 30.0 Å². The number of hydrogen-bond donors (Lipinski definition) is 1. The van der Waals surface area contributed by atoms with Crippen molar-refractivity contribution in [1.82, 2.24) is 5.32 Å². The van der Waals surface area contributed by atoms with Gasteiger partial charge in [-0.3, -0.25) is 4.79 Å². The van der Waals surface area contributed by atoms with Crippen LogP contribution in [0.3, 0.4) is 0 Å². The van der Waals surface area contributed by atoms with Crippen LogP contribution in [0.15, 0.2) is 53.0 Å². The zero-order valence-electron chi connectivity index (χ0n) is 14.2. The van der Waals surface area contributed by atoms with Gasteiger partial charge >= 0.3 is 5.97 Å². The van der Waals surface area contributed by atoms with Crippen molar-refractivity contribution in [2.75, 3.05) is 13.2 Å². The van der Waals surface area contributed by atoms with Crippen LogP contribution in [-0.4, -0.2) is 25.1 Å². The number of rotatable bonds is 6. The van der Waals surface area contributed by atoms with Gasteiger partial charge in [0.25, 0.3) is 5.91 Å². The van der Waals surface area contributed by atoms with E-state index in [0.29, 0.717) is 5.75 Å². The fourth-order valence-electron chi connectivity index (χ4n) is 3.00. The predicted octanol–water partition coefficient (Wildman–Crippen LogP) is 3.56. The number of aryl methyl sites for hydroxylation is 1. The van der Waals surface area contributed by atoms with E-state index in [0.717, 1.165) is 29.3 Å². The molecule has 136 valence electrons. The fraction of sp³-hybridized carbons (Fsp3) is 0.300. The maximum atomic E-state index is 12.1. The summed E-state index contributed by atoms with van der Waals surface area (Å²) >= 11 is 3.33. The normalized spacial score (nSPS) is 15.7. The SMILES string of the molecule is O=C(COC(=O)COc1ccc(Br)cc1)N[C@H]1CCCc2ccccc21. The molecule has 6 heteroatoms. The fourth-order valence-corrected chi connectivity index (χ4v) is 3.26. The summed E-state index contributed by atoms with van der Waals surface area (Å²) < 4.78 is 11.2. The van der Waals surface area contributed by atoms with Gasteiger partial charge in [0, 0.05) is 4.47 Å². The minimum Gasteiger partial charge on any atom is -0.482 e. The zero-order valence-corrected chi connectivity index (χ0v) is 15.8. The molecule has 1 atom stereocenters. The second-order valence-corrected chi connectivity index (χ2v) is 7.03.